The Kier molecular flexibility index (Phi) is 5.69. The van der Waals surface area contributed by atoms with Gasteiger partial charge in [-0.05, 0) is 31.2 Å². The second kappa shape index (κ2) is 7.31. The molecule has 3 N–H and O–H groups in total. The largest absolute Gasteiger partial charge is 0.398 e. The predicted octanol–water partition coefficient (Wildman–Crippen LogP) is 2.85. The van der Waals surface area contributed by atoms with Crippen LogP contribution in [-0.2, 0) is 16.6 Å². The summed E-state index contributed by atoms with van der Waals surface area (Å²) in [5.74, 6) is 0.559. The number of sulfonamides is 1. The molecule has 0 bridgehead atoms. The number of nitrogens with one attached hydrogen (secondary N) is 1. The summed E-state index contributed by atoms with van der Waals surface area (Å²) in [4.78, 5) is 3.12. The minimum atomic E-state index is -3.26. The number of thiophene rings is 1. The van der Waals surface area contributed by atoms with Gasteiger partial charge in [0.15, 0.2) is 0 Å². The molecule has 7 heteroatoms. The van der Waals surface area contributed by atoms with Crippen LogP contribution in [0, 0.1) is 6.92 Å². The summed E-state index contributed by atoms with van der Waals surface area (Å²) in [5, 5.41) is 0. The molecular weight excluding hydrogens is 324 g/mol. The van der Waals surface area contributed by atoms with E-state index in [1.807, 2.05) is 43.3 Å². The zero-order chi connectivity index (χ0) is 15.3. The summed E-state index contributed by atoms with van der Waals surface area (Å²) in [6.45, 7) is 2.36. The first-order valence-corrected chi connectivity index (χ1v) is 9.92. The van der Waals surface area contributed by atoms with Gasteiger partial charge in [0.05, 0.1) is 5.75 Å². The van der Waals surface area contributed by atoms with Crippen LogP contribution in [0.2, 0.25) is 0 Å². The van der Waals surface area contributed by atoms with Gasteiger partial charge in [0.1, 0.15) is 0 Å². The zero-order valence-electron chi connectivity index (χ0n) is 11.7. The molecule has 0 aliphatic rings. The summed E-state index contributed by atoms with van der Waals surface area (Å²) in [5.41, 5.74) is 6.51. The average Bonchev–Trinajstić information content (AvgIpc) is 2.85. The molecule has 0 unspecified atom stereocenters. The van der Waals surface area contributed by atoms with Crippen molar-refractivity contribution in [2.24, 2.45) is 0 Å². The molecule has 21 heavy (non-hydrogen) atoms. The fourth-order valence-corrected chi connectivity index (χ4v) is 4.99. The van der Waals surface area contributed by atoms with E-state index in [1.54, 1.807) is 11.3 Å². The normalized spacial score (nSPS) is 11.7. The van der Waals surface area contributed by atoms with Crippen molar-refractivity contribution in [2.45, 2.75) is 18.4 Å². The highest BCUT2D eigenvalue weighted by atomic mass is 32.2. The summed E-state index contributed by atoms with van der Waals surface area (Å²) in [7, 11) is -3.26. The summed E-state index contributed by atoms with van der Waals surface area (Å²) < 4.78 is 26.5. The maximum atomic E-state index is 11.9. The third-order valence-electron chi connectivity index (χ3n) is 2.79. The Morgan fingerprint density at radius 1 is 1.24 bits per heavy atom. The number of aryl methyl sites for hydroxylation is 1. The number of nitrogen functional groups attached to an aromatic ring is 1. The van der Waals surface area contributed by atoms with Gasteiger partial charge >= 0.3 is 0 Å². The molecular formula is C14H18N2O2S3. The van der Waals surface area contributed by atoms with E-state index in [2.05, 4.69) is 4.72 Å². The fraction of sp³-hybridized carbons (Fsp3) is 0.286. The van der Waals surface area contributed by atoms with Gasteiger partial charge in [-0.15, -0.1) is 23.1 Å². The maximum Gasteiger partial charge on any atom is 0.212 e. The standard InChI is InChI=1S/C14H18N2O2S3/c1-11-6-7-12(20-11)10-16-21(17,18)9-8-19-14-5-3-2-4-13(14)15/h2-7,16H,8-10,15H2,1H3. The van der Waals surface area contributed by atoms with Crippen molar-refractivity contribution in [1.82, 2.24) is 4.72 Å². The second-order valence-corrected chi connectivity index (χ2v) is 8.97. The van der Waals surface area contributed by atoms with Crippen LogP contribution >= 0.6 is 23.1 Å². The number of thioether (sulfide) groups is 1. The Labute approximate surface area is 133 Å². The second-order valence-electron chi connectivity index (χ2n) is 4.54. The predicted molar refractivity (Wildman–Crippen MR) is 91.3 cm³/mol. The molecule has 0 spiro atoms. The first-order chi connectivity index (χ1) is 9.96. The van der Waals surface area contributed by atoms with E-state index in [4.69, 9.17) is 5.73 Å². The van der Waals surface area contributed by atoms with Gasteiger partial charge in [0.2, 0.25) is 10.0 Å². The number of anilines is 1. The molecule has 2 rings (SSSR count). The van der Waals surface area contributed by atoms with Gasteiger partial charge in [-0.3, -0.25) is 0 Å². The van der Waals surface area contributed by atoms with Crippen molar-refractivity contribution in [3.05, 3.63) is 46.2 Å². The number of rotatable bonds is 7. The van der Waals surface area contributed by atoms with Crippen molar-refractivity contribution >= 4 is 38.8 Å². The lowest BCUT2D eigenvalue weighted by molar-refractivity contribution is 0.583. The Morgan fingerprint density at radius 3 is 2.67 bits per heavy atom. The van der Waals surface area contributed by atoms with E-state index in [0.29, 0.717) is 18.0 Å². The fourth-order valence-electron chi connectivity index (χ4n) is 1.71. The first-order valence-electron chi connectivity index (χ1n) is 6.46. The minimum Gasteiger partial charge on any atom is -0.398 e. The number of para-hydroxylation sites is 1. The Hall–Kier alpha value is -1.02. The van der Waals surface area contributed by atoms with Crippen molar-refractivity contribution in [3.8, 4) is 0 Å². The Morgan fingerprint density at radius 2 is 2.00 bits per heavy atom. The average molecular weight is 343 g/mol. The smallest absolute Gasteiger partial charge is 0.212 e. The van der Waals surface area contributed by atoms with E-state index in [-0.39, 0.29) is 5.75 Å². The van der Waals surface area contributed by atoms with E-state index in [0.717, 1.165) is 9.77 Å². The van der Waals surface area contributed by atoms with Crippen LogP contribution in [0.1, 0.15) is 9.75 Å². The van der Waals surface area contributed by atoms with Crippen LogP contribution in [0.15, 0.2) is 41.3 Å². The topological polar surface area (TPSA) is 72.2 Å². The van der Waals surface area contributed by atoms with Crippen LogP contribution in [0.3, 0.4) is 0 Å². The maximum absolute atomic E-state index is 11.9. The number of hydrogen-bond acceptors (Lipinski definition) is 5. The summed E-state index contributed by atoms with van der Waals surface area (Å²) in [6.07, 6.45) is 0. The molecule has 0 atom stereocenters. The van der Waals surface area contributed by atoms with Crippen LogP contribution < -0.4 is 10.5 Å². The molecule has 0 saturated heterocycles. The third kappa shape index (κ3) is 5.35. The van der Waals surface area contributed by atoms with Crippen molar-refractivity contribution < 1.29 is 8.42 Å². The zero-order valence-corrected chi connectivity index (χ0v) is 14.2. The number of nitrogens with two attached hydrogens (primary N) is 1. The molecule has 0 radical (unpaired) electrons. The van der Waals surface area contributed by atoms with Gasteiger partial charge in [-0.25, -0.2) is 13.1 Å². The van der Waals surface area contributed by atoms with E-state index < -0.39 is 10.0 Å². The van der Waals surface area contributed by atoms with Gasteiger partial charge in [-0.2, -0.15) is 0 Å². The SMILES string of the molecule is Cc1ccc(CNS(=O)(=O)CCSc2ccccc2N)s1. The molecule has 0 fully saturated rings. The molecule has 1 heterocycles. The quantitative estimate of drug-likeness (QED) is 0.599. The Bertz CT molecular complexity index is 696. The van der Waals surface area contributed by atoms with Gasteiger partial charge < -0.3 is 5.73 Å². The van der Waals surface area contributed by atoms with Crippen molar-refractivity contribution in [1.29, 1.82) is 0 Å². The summed E-state index contributed by atoms with van der Waals surface area (Å²) in [6, 6.07) is 11.4. The molecule has 0 amide bonds. The lowest BCUT2D eigenvalue weighted by Crippen LogP contribution is -2.26. The lowest BCUT2D eigenvalue weighted by atomic mass is 10.3. The van der Waals surface area contributed by atoms with Crippen LogP contribution in [0.25, 0.3) is 0 Å². The molecule has 1 aromatic carbocycles. The molecule has 2 aromatic rings. The van der Waals surface area contributed by atoms with Crippen LogP contribution in [-0.4, -0.2) is 19.9 Å². The van der Waals surface area contributed by atoms with Gasteiger partial charge in [0, 0.05) is 32.6 Å². The van der Waals surface area contributed by atoms with E-state index in [9.17, 15) is 8.42 Å². The molecule has 4 nitrogen and oxygen atoms in total. The van der Waals surface area contributed by atoms with Gasteiger partial charge in [-0.1, -0.05) is 12.1 Å². The van der Waals surface area contributed by atoms with Crippen LogP contribution in [0.4, 0.5) is 5.69 Å². The number of hydrogen-bond donors (Lipinski definition) is 2. The molecule has 0 saturated carbocycles. The van der Waals surface area contributed by atoms with E-state index in [1.165, 1.54) is 16.6 Å². The van der Waals surface area contributed by atoms with Crippen molar-refractivity contribution in [2.75, 3.05) is 17.2 Å². The van der Waals surface area contributed by atoms with Crippen molar-refractivity contribution in [3.63, 3.8) is 0 Å². The highest BCUT2D eigenvalue weighted by Gasteiger charge is 2.11. The minimum absolute atomic E-state index is 0.0797. The third-order valence-corrected chi connectivity index (χ3v) is 6.47. The monoisotopic (exact) mass is 342 g/mol. The molecule has 0 aliphatic carbocycles. The molecule has 114 valence electrons. The van der Waals surface area contributed by atoms with Gasteiger partial charge in [0.25, 0.3) is 0 Å². The Balaban J connectivity index is 1.80. The molecule has 0 aliphatic heterocycles. The molecule has 1 aromatic heterocycles. The first kappa shape index (κ1) is 16.4. The lowest BCUT2D eigenvalue weighted by Gasteiger charge is -2.07. The highest BCUT2D eigenvalue weighted by molar-refractivity contribution is 8.00. The number of benzene rings is 1. The van der Waals surface area contributed by atoms with E-state index >= 15 is 0 Å². The summed E-state index contributed by atoms with van der Waals surface area (Å²) >= 11 is 3.06. The van der Waals surface area contributed by atoms with Crippen LogP contribution in [0.5, 0.6) is 0 Å². The highest BCUT2D eigenvalue weighted by Crippen LogP contribution is 2.24.